The van der Waals surface area contributed by atoms with E-state index in [1.165, 1.54) is 13.2 Å². The molecule has 24 heavy (non-hydrogen) atoms. The monoisotopic (exact) mass is 329 g/mol. The highest BCUT2D eigenvalue weighted by atomic mass is 19.1. The van der Waals surface area contributed by atoms with Crippen molar-refractivity contribution in [2.24, 2.45) is 0 Å². The molecule has 126 valence electrons. The van der Waals surface area contributed by atoms with Gasteiger partial charge >= 0.3 is 5.97 Å². The lowest BCUT2D eigenvalue weighted by Gasteiger charge is -2.14. The van der Waals surface area contributed by atoms with Gasteiger partial charge in [0.05, 0.1) is 7.11 Å². The van der Waals surface area contributed by atoms with Crippen molar-refractivity contribution in [3.05, 3.63) is 65.5 Å². The maximum Gasteiger partial charge on any atom is 0.322 e. The highest BCUT2D eigenvalue weighted by molar-refractivity contribution is 5.76. The van der Waals surface area contributed by atoms with Crippen LogP contribution < -0.4 is 10.1 Å². The average molecular weight is 329 g/mol. The van der Waals surface area contributed by atoms with Gasteiger partial charge in [0.25, 0.3) is 0 Å². The second-order valence-corrected chi connectivity index (χ2v) is 5.82. The van der Waals surface area contributed by atoms with E-state index in [2.05, 4.69) is 5.32 Å². The van der Waals surface area contributed by atoms with E-state index in [0.29, 0.717) is 11.3 Å². The van der Waals surface area contributed by atoms with Crippen molar-refractivity contribution >= 4 is 5.97 Å². The second-order valence-electron chi connectivity index (χ2n) is 5.82. The Kier molecular flexibility index (Phi) is 5.11. The van der Waals surface area contributed by atoms with Gasteiger partial charge in [0.15, 0.2) is 0 Å². The molecule has 4 nitrogen and oxygen atoms in total. The van der Waals surface area contributed by atoms with Crippen LogP contribution in [0.3, 0.4) is 0 Å². The van der Waals surface area contributed by atoms with Crippen molar-refractivity contribution in [2.45, 2.75) is 31.5 Å². The molecule has 2 aromatic rings. The molecule has 0 aromatic heterocycles. The maximum absolute atomic E-state index is 13.6. The van der Waals surface area contributed by atoms with Crippen LogP contribution in [0.1, 0.15) is 30.0 Å². The van der Waals surface area contributed by atoms with Crippen molar-refractivity contribution in [1.29, 1.82) is 0 Å². The minimum Gasteiger partial charge on any atom is -0.489 e. The summed E-state index contributed by atoms with van der Waals surface area (Å²) in [5.74, 6) is 0.199. The zero-order valence-corrected chi connectivity index (χ0v) is 13.5. The zero-order chi connectivity index (χ0) is 16.9. The van der Waals surface area contributed by atoms with Gasteiger partial charge in [-0.15, -0.1) is 0 Å². The third kappa shape index (κ3) is 3.74. The van der Waals surface area contributed by atoms with Crippen molar-refractivity contribution in [3.8, 4) is 5.75 Å². The molecular weight excluding hydrogens is 309 g/mol. The Labute approximate surface area is 140 Å². The predicted molar refractivity (Wildman–Crippen MR) is 88.1 cm³/mol. The van der Waals surface area contributed by atoms with E-state index in [0.717, 1.165) is 18.4 Å². The number of methoxy groups -OCH3 is 1. The molecule has 1 aliphatic rings. The Morgan fingerprint density at radius 3 is 2.62 bits per heavy atom. The highest BCUT2D eigenvalue weighted by Crippen LogP contribution is 2.28. The average Bonchev–Trinajstić information content (AvgIpc) is 3.11. The Bertz CT molecular complexity index is 702. The number of ether oxygens (including phenoxy) is 2. The molecule has 5 heteroatoms. The number of carbonyl (C=O) groups is 1. The van der Waals surface area contributed by atoms with Gasteiger partial charge in [-0.05, 0) is 36.6 Å². The number of halogens is 1. The van der Waals surface area contributed by atoms with Crippen LogP contribution in [0.2, 0.25) is 0 Å². The highest BCUT2D eigenvalue weighted by Gasteiger charge is 2.30. The van der Waals surface area contributed by atoms with Crippen molar-refractivity contribution in [3.63, 3.8) is 0 Å². The summed E-state index contributed by atoms with van der Waals surface area (Å²) in [7, 11) is 1.40. The van der Waals surface area contributed by atoms with Gasteiger partial charge in [-0.25, -0.2) is 4.39 Å². The summed E-state index contributed by atoms with van der Waals surface area (Å²) >= 11 is 0. The first-order valence-electron chi connectivity index (χ1n) is 7.97. The van der Waals surface area contributed by atoms with Crippen molar-refractivity contribution < 1.29 is 18.7 Å². The first-order chi connectivity index (χ1) is 11.7. The Morgan fingerprint density at radius 2 is 1.92 bits per heavy atom. The summed E-state index contributed by atoms with van der Waals surface area (Å²) in [4.78, 5) is 11.6. The molecule has 0 radical (unpaired) electrons. The van der Waals surface area contributed by atoms with E-state index in [4.69, 9.17) is 9.47 Å². The van der Waals surface area contributed by atoms with Crippen LogP contribution >= 0.6 is 0 Å². The van der Waals surface area contributed by atoms with Gasteiger partial charge in [0.1, 0.15) is 24.2 Å². The van der Waals surface area contributed by atoms with Gasteiger partial charge in [0.2, 0.25) is 0 Å². The maximum atomic E-state index is 13.6. The van der Waals surface area contributed by atoms with Crippen LogP contribution in [0.25, 0.3) is 0 Å². The van der Waals surface area contributed by atoms with Gasteiger partial charge in [-0.1, -0.05) is 30.3 Å². The third-order valence-corrected chi connectivity index (χ3v) is 4.27. The number of esters is 1. The normalized spacial score (nSPS) is 19.9. The Balaban J connectivity index is 1.58. The molecule has 2 atom stereocenters. The van der Waals surface area contributed by atoms with Crippen LogP contribution in [-0.4, -0.2) is 19.1 Å². The fourth-order valence-corrected chi connectivity index (χ4v) is 2.91. The molecular formula is C19H20FNO3. The van der Waals surface area contributed by atoms with Crippen LogP contribution in [0, 0.1) is 5.82 Å². The third-order valence-electron chi connectivity index (χ3n) is 4.27. The van der Waals surface area contributed by atoms with E-state index in [9.17, 15) is 9.18 Å². The molecule has 0 saturated carbocycles. The summed E-state index contributed by atoms with van der Waals surface area (Å²) in [6, 6.07) is 14.1. The van der Waals surface area contributed by atoms with E-state index < -0.39 is 0 Å². The fourth-order valence-electron chi connectivity index (χ4n) is 2.91. The lowest BCUT2D eigenvalue weighted by molar-refractivity contribution is -0.142. The SMILES string of the molecule is COC(=O)C1CC[C@H](c2ccc(OCc3ccccc3F)cc2)N1. The molecule has 1 saturated heterocycles. The number of benzene rings is 2. The summed E-state index contributed by atoms with van der Waals surface area (Å²) in [5.41, 5.74) is 1.62. The molecule has 1 N–H and O–H groups in total. The summed E-state index contributed by atoms with van der Waals surface area (Å²) < 4.78 is 24.0. The molecule has 1 heterocycles. The van der Waals surface area contributed by atoms with Crippen LogP contribution in [0.15, 0.2) is 48.5 Å². The minimum absolute atomic E-state index is 0.134. The fraction of sp³-hybridized carbons (Fsp3) is 0.316. The zero-order valence-electron chi connectivity index (χ0n) is 13.5. The minimum atomic E-state index is -0.266. The summed E-state index contributed by atoms with van der Waals surface area (Å²) in [6.07, 6.45) is 1.65. The standard InChI is InChI=1S/C19H20FNO3/c1-23-19(22)18-11-10-17(21-18)13-6-8-15(9-7-13)24-12-14-4-2-3-5-16(14)20/h2-9,17-18,21H,10-12H2,1H3/t17-,18?/m1/s1. The molecule has 1 unspecified atom stereocenters. The second kappa shape index (κ2) is 7.45. The van der Waals surface area contributed by atoms with Gasteiger partial charge in [-0.3, -0.25) is 10.1 Å². The molecule has 2 aromatic carbocycles. The van der Waals surface area contributed by atoms with Crippen LogP contribution in [0.4, 0.5) is 4.39 Å². The summed E-state index contributed by atoms with van der Waals surface area (Å²) in [5, 5.41) is 3.28. The Hall–Kier alpha value is -2.40. The van der Waals surface area contributed by atoms with E-state index in [-0.39, 0.29) is 30.5 Å². The molecule has 0 amide bonds. The van der Waals surface area contributed by atoms with E-state index in [1.807, 2.05) is 24.3 Å². The van der Waals surface area contributed by atoms with Crippen LogP contribution in [-0.2, 0) is 16.1 Å². The van der Waals surface area contributed by atoms with E-state index in [1.54, 1.807) is 18.2 Å². The predicted octanol–water partition coefficient (Wildman–Crippen LogP) is 3.37. The van der Waals surface area contributed by atoms with E-state index >= 15 is 0 Å². The smallest absolute Gasteiger partial charge is 0.322 e. The number of nitrogens with one attached hydrogen (secondary N) is 1. The number of hydrogen-bond acceptors (Lipinski definition) is 4. The lowest BCUT2D eigenvalue weighted by atomic mass is 10.1. The topological polar surface area (TPSA) is 47.6 Å². The lowest BCUT2D eigenvalue weighted by Crippen LogP contribution is -2.33. The first-order valence-corrected chi connectivity index (χ1v) is 7.97. The Morgan fingerprint density at radius 1 is 1.17 bits per heavy atom. The van der Waals surface area contributed by atoms with Crippen LogP contribution in [0.5, 0.6) is 5.75 Å². The first kappa shape index (κ1) is 16.5. The largest absolute Gasteiger partial charge is 0.489 e. The van der Waals surface area contributed by atoms with Gasteiger partial charge < -0.3 is 9.47 Å². The van der Waals surface area contributed by atoms with Gasteiger partial charge in [0, 0.05) is 11.6 Å². The molecule has 0 aliphatic carbocycles. The summed E-state index contributed by atoms with van der Waals surface area (Å²) in [6.45, 7) is 0.193. The molecule has 0 bridgehead atoms. The molecule has 3 rings (SSSR count). The number of carbonyl (C=O) groups excluding carboxylic acids is 1. The molecule has 1 fully saturated rings. The van der Waals surface area contributed by atoms with Crippen molar-refractivity contribution in [2.75, 3.05) is 7.11 Å². The number of rotatable bonds is 5. The van der Waals surface area contributed by atoms with Gasteiger partial charge in [-0.2, -0.15) is 0 Å². The molecule has 0 spiro atoms. The molecule has 1 aliphatic heterocycles. The van der Waals surface area contributed by atoms with Crippen molar-refractivity contribution in [1.82, 2.24) is 5.32 Å². The quantitative estimate of drug-likeness (QED) is 0.855. The number of hydrogen-bond donors (Lipinski definition) is 1.